The number of nitrogens with two attached hydrogens (primary N) is 1. The van der Waals surface area contributed by atoms with Crippen LogP contribution in [0.3, 0.4) is 0 Å². The molecule has 3 nitrogen and oxygen atoms in total. The van der Waals surface area contributed by atoms with Gasteiger partial charge in [-0.15, -0.1) is 0 Å². The Balaban J connectivity index is 2.40. The molecule has 2 rings (SSSR count). The molecule has 1 aliphatic heterocycles. The Hall–Kier alpha value is -1.02. The summed E-state index contributed by atoms with van der Waals surface area (Å²) >= 11 is 3.02. The Bertz CT molecular complexity index is 484. The van der Waals surface area contributed by atoms with Crippen LogP contribution in [0.25, 0.3) is 0 Å². The van der Waals surface area contributed by atoms with E-state index in [0.29, 0.717) is 12.4 Å². The summed E-state index contributed by atoms with van der Waals surface area (Å²) in [6.07, 6.45) is -3.84. The van der Waals surface area contributed by atoms with Crippen LogP contribution in [0.4, 0.5) is 17.6 Å². The van der Waals surface area contributed by atoms with E-state index in [1.165, 1.54) is 12.1 Å². The van der Waals surface area contributed by atoms with Gasteiger partial charge in [-0.25, -0.2) is 8.78 Å². The molecule has 0 saturated heterocycles. The summed E-state index contributed by atoms with van der Waals surface area (Å²) in [5.41, 5.74) is 5.09. The molecule has 1 aromatic carbocycles. The van der Waals surface area contributed by atoms with E-state index >= 15 is 0 Å². The molecular weight excluding hydrogens is 334 g/mol. The van der Waals surface area contributed by atoms with Gasteiger partial charge in [0.25, 0.3) is 0 Å². The molecule has 0 fully saturated rings. The first-order chi connectivity index (χ1) is 8.84. The van der Waals surface area contributed by atoms with E-state index in [1.54, 1.807) is 0 Å². The zero-order valence-electron chi connectivity index (χ0n) is 9.51. The van der Waals surface area contributed by atoms with E-state index in [-0.39, 0.29) is 22.4 Å². The SMILES string of the molecule is NC(c1cc2c(cc1Br)OCCO2)C(F)(F)C(F)F. The molecule has 1 unspecified atom stereocenters. The molecule has 1 aromatic rings. The normalized spacial score (nSPS) is 16.6. The molecule has 0 spiro atoms. The van der Waals surface area contributed by atoms with Crippen molar-refractivity contribution < 1.29 is 27.0 Å². The van der Waals surface area contributed by atoms with Crippen LogP contribution in [-0.2, 0) is 0 Å². The highest BCUT2D eigenvalue weighted by atomic mass is 79.9. The minimum atomic E-state index is -4.33. The van der Waals surface area contributed by atoms with E-state index in [1.807, 2.05) is 0 Å². The number of ether oxygens (including phenoxy) is 2. The van der Waals surface area contributed by atoms with Crippen molar-refractivity contribution >= 4 is 15.9 Å². The molecule has 1 atom stereocenters. The van der Waals surface area contributed by atoms with E-state index in [4.69, 9.17) is 15.2 Å². The number of hydrogen-bond donors (Lipinski definition) is 1. The topological polar surface area (TPSA) is 44.5 Å². The van der Waals surface area contributed by atoms with Gasteiger partial charge in [-0.3, -0.25) is 0 Å². The maximum Gasteiger partial charge on any atom is 0.326 e. The first kappa shape index (κ1) is 14.4. The first-order valence-electron chi connectivity index (χ1n) is 5.34. The third-order valence-corrected chi connectivity index (χ3v) is 3.39. The lowest BCUT2D eigenvalue weighted by molar-refractivity contribution is -0.144. The molecule has 0 aromatic heterocycles. The maximum absolute atomic E-state index is 13.3. The third-order valence-electron chi connectivity index (χ3n) is 2.70. The van der Waals surface area contributed by atoms with Crippen LogP contribution >= 0.6 is 15.9 Å². The maximum atomic E-state index is 13.3. The van der Waals surface area contributed by atoms with E-state index < -0.39 is 18.4 Å². The molecular formula is C11H10BrF4NO2. The van der Waals surface area contributed by atoms with Crippen LogP contribution < -0.4 is 15.2 Å². The van der Waals surface area contributed by atoms with E-state index in [2.05, 4.69) is 15.9 Å². The molecule has 0 radical (unpaired) electrons. The number of benzene rings is 1. The zero-order valence-corrected chi connectivity index (χ0v) is 11.1. The molecule has 0 aliphatic carbocycles. The second-order valence-corrected chi connectivity index (χ2v) is 4.82. The molecule has 1 aliphatic rings. The van der Waals surface area contributed by atoms with Gasteiger partial charge in [0.1, 0.15) is 19.3 Å². The minimum Gasteiger partial charge on any atom is -0.486 e. The third kappa shape index (κ3) is 2.64. The highest BCUT2D eigenvalue weighted by Gasteiger charge is 2.48. The van der Waals surface area contributed by atoms with Gasteiger partial charge in [0.05, 0.1) is 0 Å². The molecule has 1 heterocycles. The molecule has 0 saturated carbocycles. The van der Waals surface area contributed by atoms with Gasteiger partial charge >= 0.3 is 12.3 Å². The lowest BCUT2D eigenvalue weighted by Gasteiger charge is -2.26. The van der Waals surface area contributed by atoms with Gasteiger partial charge in [-0.1, -0.05) is 15.9 Å². The Morgan fingerprint density at radius 2 is 1.68 bits per heavy atom. The quantitative estimate of drug-likeness (QED) is 0.857. The van der Waals surface area contributed by atoms with Crippen LogP contribution in [0.1, 0.15) is 11.6 Å². The standard InChI is InChI=1S/C11H10BrF4NO2/c12-6-4-8-7(18-1-2-19-8)3-5(6)9(17)11(15,16)10(13)14/h3-4,9-10H,1-2,17H2. The van der Waals surface area contributed by atoms with Gasteiger partial charge in [-0.2, -0.15) is 8.78 Å². The Labute approximate surface area is 114 Å². The fourth-order valence-corrected chi connectivity index (χ4v) is 2.23. The second-order valence-electron chi connectivity index (χ2n) is 3.97. The highest BCUT2D eigenvalue weighted by molar-refractivity contribution is 9.10. The van der Waals surface area contributed by atoms with Gasteiger partial charge in [0.2, 0.25) is 0 Å². The smallest absolute Gasteiger partial charge is 0.326 e. The predicted octanol–water partition coefficient (Wildman–Crippen LogP) is 3.12. The van der Waals surface area contributed by atoms with E-state index in [0.717, 1.165) is 0 Å². The summed E-state index contributed by atoms with van der Waals surface area (Å²) in [5.74, 6) is -3.76. The summed E-state index contributed by atoms with van der Waals surface area (Å²) in [6.45, 7) is 0.590. The highest BCUT2D eigenvalue weighted by Crippen LogP contribution is 2.42. The van der Waals surface area contributed by atoms with Crippen molar-refractivity contribution in [2.75, 3.05) is 13.2 Å². The van der Waals surface area contributed by atoms with Crippen LogP contribution in [0.5, 0.6) is 11.5 Å². The summed E-state index contributed by atoms with van der Waals surface area (Å²) in [7, 11) is 0. The van der Waals surface area contributed by atoms with Crippen LogP contribution in [-0.4, -0.2) is 25.6 Å². The summed E-state index contributed by atoms with van der Waals surface area (Å²) in [6, 6.07) is 0.433. The van der Waals surface area contributed by atoms with Crippen molar-refractivity contribution in [3.8, 4) is 11.5 Å². The molecule has 2 N–H and O–H groups in total. The van der Waals surface area contributed by atoms with Crippen molar-refractivity contribution in [2.45, 2.75) is 18.4 Å². The Kier molecular flexibility index (Phi) is 3.91. The second kappa shape index (κ2) is 5.16. The van der Waals surface area contributed by atoms with Gasteiger partial charge < -0.3 is 15.2 Å². The Morgan fingerprint density at radius 1 is 1.16 bits per heavy atom. The van der Waals surface area contributed by atoms with Crippen molar-refractivity contribution in [1.29, 1.82) is 0 Å². The molecule has 0 amide bonds. The van der Waals surface area contributed by atoms with Crippen LogP contribution in [0.15, 0.2) is 16.6 Å². The van der Waals surface area contributed by atoms with Crippen LogP contribution in [0, 0.1) is 0 Å². The molecule has 0 bridgehead atoms. The Morgan fingerprint density at radius 3 is 2.21 bits per heavy atom. The fraction of sp³-hybridized carbons (Fsp3) is 0.455. The molecule has 106 valence electrons. The summed E-state index contributed by atoms with van der Waals surface area (Å²) < 4.78 is 61.8. The number of fused-ring (bicyclic) bond motifs is 1. The van der Waals surface area contributed by atoms with E-state index in [9.17, 15) is 17.6 Å². The van der Waals surface area contributed by atoms with Gasteiger partial charge in [0.15, 0.2) is 11.5 Å². The molecule has 19 heavy (non-hydrogen) atoms. The van der Waals surface area contributed by atoms with Gasteiger partial charge in [-0.05, 0) is 17.7 Å². The number of rotatable bonds is 3. The average molecular weight is 344 g/mol. The zero-order chi connectivity index (χ0) is 14.2. The fourth-order valence-electron chi connectivity index (χ4n) is 1.66. The molecule has 8 heteroatoms. The lowest BCUT2D eigenvalue weighted by Crippen LogP contribution is -2.39. The van der Waals surface area contributed by atoms with Crippen molar-refractivity contribution in [1.82, 2.24) is 0 Å². The number of hydrogen-bond acceptors (Lipinski definition) is 3. The average Bonchev–Trinajstić information content (AvgIpc) is 2.36. The minimum absolute atomic E-state index is 0.158. The van der Waals surface area contributed by atoms with Gasteiger partial charge in [0, 0.05) is 4.47 Å². The van der Waals surface area contributed by atoms with Crippen molar-refractivity contribution in [3.63, 3.8) is 0 Å². The summed E-state index contributed by atoms with van der Waals surface area (Å²) in [5, 5.41) is 0. The first-order valence-corrected chi connectivity index (χ1v) is 6.14. The largest absolute Gasteiger partial charge is 0.486 e. The summed E-state index contributed by atoms with van der Waals surface area (Å²) in [4.78, 5) is 0. The van der Waals surface area contributed by atoms with Crippen molar-refractivity contribution in [2.24, 2.45) is 5.73 Å². The number of alkyl halides is 4. The monoisotopic (exact) mass is 343 g/mol. The lowest BCUT2D eigenvalue weighted by atomic mass is 10.0. The van der Waals surface area contributed by atoms with Crippen LogP contribution in [0.2, 0.25) is 0 Å². The predicted molar refractivity (Wildman–Crippen MR) is 63.0 cm³/mol. The van der Waals surface area contributed by atoms with Crippen molar-refractivity contribution in [3.05, 3.63) is 22.2 Å². The number of halogens is 5.